The molecule has 2 heterocycles. The second-order valence-corrected chi connectivity index (χ2v) is 4.34. The first-order valence-electron chi connectivity index (χ1n) is 6.45. The van der Waals surface area contributed by atoms with Crippen molar-refractivity contribution >= 4 is 11.6 Å². The third-order valence-electron chi connectivity index (χ3n) is 3.04. The fraction of sp³-hybridized carbons (Fsp3) is 0.429. The van der Waals surface area contributed by atoms with Crippen molar-refractivity contribution < 1.29 is 4.79 Å². The molecule has 0 saturated heterocycles. The van der Waals surface area contributed by atoms with E-state index in [2.05, 4.69) is 4.98 Å². The molecule has 2 aromatic heterocycles. The van der Waals surface area contributed by atoms with Crippen LogP contribution >= 0.6 is 0 Å². The van der Waals surface area contributed by atoms with Gasteiger partial charge in [-0.3, -0.25) is 4.79 Å². The van der Waals surface area contributed by atoms with Gasteiger partial charge in [-0.2, -0.15) is 0 Å². The lowest BCUT2D eigenvalue weighted by molar-refractivity contribution is -0.131. The van der Waals surface area contributed by atoms with Gasteiger partial charge in [-0.1, -0.05) is 13.0 Å². The summed E-state index contributed by atoms with van der Waals surface area (Å²) in [4.78, 5) is 18.1. The van der Waals surface area contributed by atoms with Crippen molar-refractivity contribution in [2.24, 2.45) is 0 Å². The number of imidazole rings is 1. The molecule has 4 nitrogen and oxygen atoms in total. The standard InChI is InChI=1S/C14H19N3O/c1-3-7-14(18)16(4-2)11-12-10-15-13-8-5-6-9-17(12)13/h5-6,8-10H,3-4,7,11H2,1-2H3. The topological polar surface area (TPSA) is 37.6 Å². The van der Waals surface area contributed by atoms with Gasteiger partial charge in [0, 0.05) is 19.2 Å². The largest absolute Gasteiger partial charge is 0.337 e. The summed E-state index contributed by atoms with van der Waals surface area (Å²) in [5, 5.41) is 0. The number of nitrogens with zero attached hydrogens (tertiary/aromatic N) is 3. The molecule has 0 saturated carbocycles. The predicted molar refractivity (Wildman–Crippen MR) is 71.2 cm³/mol. The number of rotatable bonds is 5. The summed E-state index contributed by atoms with van der Waals surface area (Å²) >= 11 is 0. The van der Waals surface area contributed by atoms with Gasteiger partial charge in [0.15, 0.2) is 0 Å². The Morgan fingerprint density at radius 3 is 2.94 bits per heavy atom. The van der Waals surface area contributed by atoms with Crippen LogP contribution in [0.5, 0.6) is 0 Å². The van der Waals surface area contributed by atoms with Crippen LogP contribution in [-0.4, -0.2) is 26.7 Å². The van der Waals surface area contributed by atoms with Crippen molar-refractivity contribution in [1.82, 2.24) is 14.3 Å². The first kappa shape index (κ1) is 12.6. The quantitative estimate of drug-likeness (QED) is 0.811. The van der Waals surface area contributed by atoms with Crippen LogP contribution in [0.15, 0.2) is 30.6 Å². The highest BCUT2D eigenvalue weighted by atomic mass is 16.2. The Bertz CT molecular complexity index is 533. The van der Waals surface area contributed by atoms with E-state index in [-0.39, 0.29) is 5.91 Å². The molecule has 0 atom stereocenters. The zero-order valence-electron chi connectivity index (χ0n) is 11.0. The van der Waals surface area contributed by atoms with Crippen LogP contribution in [0, 0.1) is 0 Å². The highest BCUT2D eigenvalue weighted by Crippen LogP contribution is 2.10. The number of hydrogen-bond acceptors (Lipinski definition) is 2. The normalized spacial score (nSPS) is 10.8. The fourth-order valence-corrected chi connectivity index (χ4v) is 2.05. The third kappa shape index (κ3) is 2.53. The van der Waals surface area contributed by atoms with Gasteiger partial charge in [0.2, 0.25) is 5.91 Å². The minimum Gasteiger partial charge on any atom is -0.337 e. The van der Waals surface area contributed by atoms with E-state index in [4.69, 9.17) is 0 Å². The molecule has 0 unspecified atom stereocenters. The molecule has 0 fully saturated rings. The second-order valence-electron chi connectivity index (χ2n) is 4.34. The van der Waals surface area contributed by atoms with E-state index >= 15 is 0 Å². The first-order valence-corrected chi connectivity index (χ1v) is 6.45. The van der Waals surface area contributed by atoms with Gasteiger partial charge in [-0.05, 0) is 25.5 Å². The van der Waals surface area contributed by atoms with E-state index in [1.807, 2.05) is 53.7 Å². The Labute approximate surface area is 107 Å². The zero-order valence-corrected chi connectivity index (χ0v) is 11.0. The molecule has 1 amide bonds. The molecular weight excluding hydrogens is 226 g/mol. The molecule has 0 radical (unpaired) electrons. The molecule has 4 heteroatoms. The van der Waals surface area contributed by atoms with Gasteiger partial charge in [0.25, 0.3) is 0 Å². The molecule has 0 aliphatic rings. The molecule has 2 rings (SSSR count). The van der Waals surface area contributed by atoms with Crippen LogP contribution in [0.2, 0.25) is 0 Å². The lowest BCUT2D eigenvalue weighted by Crippen LogP contribution is -2.30. The lowest BCUT2D eigenvalue weighted by Gasteiger charge is -2.20. The number of carbonyl (C=O) groups excluding carboxylic acids is 1. The van der Waals surface area contributed by atoms with Gasteiger partial charge < -0.3 is 9.30 Å². The molecule has 96 valence electrons. The Hall–Kier alpha value is -1.84. The maximum Gasteiger partial charge on any atom is 0.222 e. The number of amides is 1. The average molecular weight is 245 g/mol. The molecule has 0 spiro atoms. The van der Waals surface area contributed by atoms with E-state index in [0.29, 0.717) is 13.0 Å². The van der Waals surface area contributed by atoms with Crippen LogP contribution in [0.1, 0.15) is 32.4 Å². The summed E-state index contributed by atoms with van der Waals surface area (Å²) in [7, 11) is 0. The highest BCUT2D eigenvalue weighted by molar-refractivity contribution is 5.76. The van der Waals surface area contributed by atoms with Crippen molar-refractivity contribution in [3.05, 3.63) is 36.3 Å². The Morgan fingerprint density at radius 2 is 2.22 bits per heavy atom. The van der Waals surface area contributed by atoms with Gasteiger partial charge in [0.05, 0.1) is 18.4 Å². The van der Waals surface area contributed by atoms with Crippen LogP contribution < -0.4 is 0 Å². The van der Waals surface area contributed by atoms with E-state index in [0.717, 1.165) is 24.3 Å². The van der Waals surface area contributed by atoms with E-state index in [1.54, 1.807) is 0 Å². The highest BCUT2D eigenvalue weighted by Gasteiger charge is 2.13. The molecule has 0 bridgehead atoms. The summed E-state index contributed by atoms with van der Waals surface area (Å²) in [6, 6.07) is 5.90. The Morgan fingerprint density at radius 1 is 1.39 bits per heavy atom. The van der Waals surface area contributed by atoms with Crippen molar-refractivity contribution in [3.8, 4) is 0 Å². The molecule has 2 aromatic rings. The van der Waals surface area contributed by atoms with Crippen molar-refractivity contribution in [1.29, 1.82) is 0 Å². The average Bonchev–Trinajstić information content (AvgIpc) is 2.79. The zero-order chi connectivity index (χ0) is 13.0. The molecule has 18 heavy (non-hydrogen) atoms. The minimum absolute atomic E-state index is 0.214. The summed E-state index contributed by atoms with van der Waals surface area (Å²) in [5.74, 6) is 0.214. The summed E-state index contributed by atoms with van der Waals surface area (Å²) in [6.07, 6.45) is 5.33. The van der Waals surface area contributed by atoms with Crippen LogP contribution in [0.4, 0.5) is 0 Å². The second kappa shape index (κ2) is 5.67. The number of fused-ring (bicyclic) bond motifs is 1. The third-order valence-corrected chi connectivity index (χ3v) is 3.04. The van der Waals surface area contributed by atoms with E-state index in [1.165, 1.54) is 0 Å². The maximum absolute atomic E-state index is 11.9. The van der Waals surface area contributed by atoms with Gasteiger partial charge in [-0.15, -0.1) is 0 Å². The van der Waals surface area contributed by atoms with E-state index in [9.17, 15) is 4.79 Å². The van der Waals surface area contributed by atoms with Crippen molar-refractivity contribution in [2.75, 3.05) is 6.54 Å². The van der Waals surface area contributed by atoms with Gasteiger partial charge >= 0.3 is 0 Å². The van der Waals surface area contributed by atoms with Crippen molar-refractivity contribution in [3.63, 3.8) is 0 Å². The number of pyridine rings is 1. The first-order chi connectivity index (χ1) is 8.76. The maximum atomic E-state index is 11.9. The van der Waals surface area contributed by atoms with Crippen molar-refractivity contribution in [2.45, 2.75) is 33.2 Å². The smallest absolute Gasteiger partial charge is 0.222 e. The number of carbonyl (C=O) groups is 1. The predicted octanol–water partition coefficient (Wildman–Crippen LogP) is 2.48. The van der Waals surface area contributed by atoms with E-state index < -0.39 is 0 Å². The Balaban J connectivity index is 2.19. The van der Waals surface area contributed by atoms with Gasteiger partial charge in [0.1, 0.15) is 5.65 Å². The fourth-order valence-electron chi connectivity index (χ4n) is 2.05. The lowest BCUT2D eigenvalue weighted by atomic mass is 10.3. The minimum atomic E-state index is 0.214. The van der Waals surface area contributed by atoms with Crippen LogP contribution in [-0.2, 0) is 11.3 Å². The summed E-state index contributed by atoms with van der Waals surface area (Å²) < 4.78 is 2.03. The molecular formula is C14H19N3O. The van der Waals surface area contributed by atoms with Crippen LogP contribution in [0.25, 0.3) is 5.65 Å². The van der Waals surface area contributed by atoms with Crippen LogP contribution in [0.3, 0.4) is 0 Å². The monoisotopic (exact) mass is 245 g/mol. The summed E-state index contributed by atoms with van der Waals surface area (Å²) in [5.41, 5.74) is 1.98. The van der Waals surface area contributed by atoms with Gasteiger partial charge in [-0.25, -0.2) is 4.98 Å². The molecule has 0 aliphatic heterocycles. The summed E-state index contributed by atoms with van der Waals surface area (Å²) in [6.45, 7) is 5.40. The SMILES string of the molecule is CCCC(=O)N(CC)Cc1cnc2ccccn12. The molecule has 0 N–H and O–H groups in total. The number of aromatic nitrogens is 2. The molecule has 0 aromatic carbocycles. The number of hydrogen-bond donors (Lipinski definition) is 0. The molecule has 0 aliphatic carbocycles. The Kier molecular flexibility index (Phi) is 3.97.